The maximum absolute atomic E-state index is 13.5. The third kappa shape index (κ3) is 4.29. The largest absolute Gasteiger partial charge is 0.351 e. The van der Waals surface area contributed by atoms with Gasteiger partial charge in [0.25, 0.3) is 5.91 Å². The lowest BCUT2D eigenvalue weighted by Gasteiger charge is -2.16. The molecule has 19 heavy (non-hydrogen) atoms. The Hall–Kier alpha value is -2.02. The SMILES string of the molecule is C[C@H]([NH2+][C@H](C)C(=O)NC(N)=O)c1ccc(F)cc1F. The van der Waals surface area contributed by atoms with E-state index >= 15 is 0 Å². The zero-order valence-corrected chi connectivity index (χ0v) is 10.6. The van der Waals surface area contributed by atoms with Gasteiger partial charge in [-0.25, -0.2) is 13.6 Å². The maximum atomic E-state index is 13.5. The molecule has 5 nitrogen and oxygen atoms in total. The second-order valence-electron chi connectivity index (χ2n) is 4.29. The van der Waals surface area contributed by atoms with Gasteiger partial charge < -0.3 is 11.1 Å². The van der Waals surface area contributed by atoms with E-state index in [1.54, 1.807) is 19.2 Å². The minimum atomic E-state index is -0.939. The van der Waals surface area contributed by atoms with Gasteiger partial charge in [-0.1, -0.05) is 0 Å². The van der Waals surface area contributed by atoms with Crippen LogP contribution in [0, 0.1) is 11.6 Å². The minimum absolute atomic E-state index is 0.278. The number of urea groups is 1. The molecule has 2 atom stereocenters. The second kappa shape index (κ2) is 6.24. The molecule has 7 heteroatoms. The highest BCUT2D eigenvalue weighted by Gasteiger charge is 2.23. The Bertz CT molecular complexity index is 494. The van der Waals surface area contributed by atoms with Gasteiger partial charge in [-0.2, -0.15) is 0 Å². The third-order valence-electron chi connectivity index (χ3n) is 2.69. The van der Waals surface area contributed by atoms with Crippen LogP contribution >= 0.6 is 0 Å². The molecule has 3 amide bonds. The van der Waals surface area contributed by atoms with Crippen LogP contribution in [0.5, 0.6) is 0 Å². The highest BCUT2D eigenvalue weighted by molar-refractivity contribution is 5.95. The van der Waals surface area contributed by atoms with E-state index < -0.39 is 35.7 Å². The summed E-state index contributed by atoms with van der Waals surface area (Å²) < 4.78 is 26.3. The van der Waals surface area contributed by atoms with Crippen molar-refractivity contribution in [3.63, 3.8) is 0 Å². The lowest BCUT2D eigenvalue weighted by Crippen LogP contribution is -2.92. The normalized spacial score (nSPS) is 13.7. The molecule has 0 bridgehead atoms. The molecule has 0 heterocycles. The van der Waals surface area contributed by atoms with Gasteiger partial charge >= 0.3 is 6.03 Å². The Morgan fingerprint density at radius 2 is 1.95 bits per heavy atom. The quantitative estimate of drug-likeness (QED) is 0.729. The second-order valence-corrected chi connectivity index (χ2v) is 4.29. The average molecular weight is 272 g/mol. The van der Waals surface area contributed by atoms with Crippen molar-refractivity contribution in [3.8, 4) is 0 Å². The predicted octanol–water partition coefficient (Wildman–Crippen LogP) is 0.173. The number of nitrogens with two attached hydrogens (primary N) is 2. The van der Waals surface area contributed by atoms with Crippen LogP contribution < -0.4 is 16.4 Å². The molecule has 0 spiro atoms. The fourth-order valence-corrected chi connectivity index (χ4v) is 1.73. The van der Waals surface area contributed by atoms with E-state index in [1.807, 2.05) is 5.32 Å². The number of amides is 3. The summed E-state index contributed by atoms with van der Waals surface area (Å²) in [6.07, 6.45) is 0. The molecule has 0 fully saturated rings. The smallest absolute Gasteiger partial charge is 0.319 e. The number of primary amides is 1. The third-order valence-corrected chi connectivity index (χ3v) is 2.69. The van der Waals surface area contributed by atoms with Crippen molar-refractivity contribution in [2.45, 2.75) is 25.9 Å². The highest BCUT2D eigenvalue weighted by Crippen LogP contribution is 2.14. The number of hydrogen-bond donors (Lipinski definition) is 3. The molecule has 1 aromatic carbocycles. The van der Waals surface area contributed by atoms with Crippen LogP contribution in [0.25, 0.3) is 0 Å². The summed E-state index contributed by atoms with van der Waals surface area (Å²) in [5.74, 6) is -1.90. The van der Waals surface area contributed by atoms with Gasteiger partial charge in [-0.3, -0.25) is 10.1 Å². The molecule has 0 aliphatic carbocycles. The van der Waals surface area contributed by atoms with Gasteiger partial charge in [0.05, 0.1) is 0 Å². The number of nitrogens with one attached hydrogen (secondary N) is 1. The first kappa shape index (κ1) is 15.0. The summed E-state index contributed by atoms with van der Waals surface area (Å²) in [5, 5.41) is 3.49. The number of halogens is 2. The van der Waals surface area contributed by atoms with Crippen molar-refractivity contribution in [1.82, 2.24) is 5.32 Å². The summed E-state index contributed by atoms with van der Waals surface area (Å²) in [4.78, 5) is 22.0. The number of quaternary nitrogens is 1. The minimum Gasteiger partial charge on any atom is -0.351 e. The van der Waals surface area contributed by atoms with E-state index in [4.69, 9.17) is 5.73 Å². The van der Waals surface area contributed by atoms with Crippen molar-refractivity contribution in [3.05, 3.63) is 35.4 Å². The van der Waals surface area contributed by atoms with Crippen molar-refractivity contribution in [2.24, 2.45) is 5.73 Å². The van der Waals surface area contributed by atoms with Crippen LogP contribution in [0.4, 0.5) is 13.6 Å². The average Bonchev–Trinajstić information content (AvgIpc) is 2.27. The van der Waals surface area contributed by atoms with Crippen molar-refractivity contribution in [1.29, 1.82) is 0 Å². The van der Waals surface area contributed by atoms with Gasteiger partial charge in [0, 0.05) is 11.6 Å². The fraction of sp³-hybridized carbons (Fsp3) is 0.333. The van der Waals surface area contributed by atoms with Crippen molar-refractivity contribution < 1.29 is 23.7 Å². The van der Waals surface area contributed by atoms with Crippen LogP contribution in [0.2, 0.25) is 0 Å². The van der Waals surface area contributed by atoms with Crippen molar-refractivity contribution in [2.75, 3.05) is 0 Å². The van der Waals surface area contributed by atoms with Crippen LogP contribution in [-0.2, 0) is 4.79 Å². The number of imide groups is 1. The van der Waals surface area contributed by atoms with Crippen molar-refractivity contribution >= 4 is 11.9 Å². The number of hydrogen-bond acceptors (Lipinski definition) is 2. The van der Waals surface area contributed by atoms with Crippen LogP contribution in [0.3, 0.4) is 0 Å². The Morgan fingerprint density at radius 3 is 2.47 bits per heavy atom. The number of carbonyl (C=O) groups excluding carboxylic acids is 2. The maximum Gasteiger partial charge on any atom is 0.319 e. The lowest BCUT2D eigenvalue weighted by atomic mass is 10.1. The van der Waals surface area contributed by atoms with Gasteiger partial charge in [0.1, 0.15) is 17.7 Å². The summed E-state index contributed by atoms with van der Waals surface area (Å²) in [7, 11) is 0. The van der Waals surface area contributed by atoms with Crippen LogP contribution in [0.1, 0.15) is 25.5 Å². The van der Waals surface area contributed by atoms with E-state index in [9.17, 15) is 18.4 Å². The number of rotatable bonds is 4. The lowest BCUT2D eigenvalue weighted by molar-refractivity contribution is -0.710. The molecule has 0 radical (unpaired) electrons. The zero-order valence-electron chi connectivity index (χ0n) is 10.6. The van der Waals surface area contributed by atoms with Crippen LogP contribution in [-0.4, -0.2) is 18.0 Å². The fourth-order valence-electron chi connectivity index (χ4n) is 1.73. The molecular weight excluding hydrogens is 256 g/mol. The van der Waals surface area contributed by atoms with Gasteiger partial charge in [0.2, 0.25) is 0 Å². The predicted molar refractivity (Wildman–Crippen MR) is 63.9 cm³/mol. The monoisotopic (exact) mass is 272 g/mol. The summed E-state index contributed by atoms with van der Waals surface area (Å²) >= 11 is 0. The topological polar surface area (TPSA) is 88.8 Å². The van der Waals surface area contributed by atoms with Crippen LogP contribution in [0.15, 0.2) is 18.2 Å². The van der Waals surface area contributed by atoms with E-state index in [0.29, 0.717) is 0 Å². The van der Waals surface area contributed by atoms with Gasteiger partial charge in [-0.15, -0.1) is 0 Å². The molecule has 0 aliphatic heterocycles. The van der Waals surface area contributed by atoms with E-state index in [0.717, 1.165) is 12.1 Å². The summed E-state index contributed by atoms with van der Waals surface area (Å²) in [6.45, 7) is 3.22. The standard InChI is InChI=1S/C12H15F2N3O2/c1-6(9-4-3-8(13)5-10(9)14)16-7(2)11(18)17-12(15)19/h3-7,16H,1-2H3,(H3,15,17,18,19)/p+1/t6-,7+/m0/s1. The molecule has 0 saturated carbocycles. The van der Waals surface area contributed by atoms with Gasteiger partial charge in [0.15, 0.2) is 6.04 Å². The molecule has 5 N–H and O–H groups in total. The van der Waals surface area contributed by atoms with E-state index in [-0.39, 0.29) is 5.56 Å². The molecule has 1 rings (SSSR count). The summed E-state index contributed by atoms with van der Waals surface area (Å²) in [6, 6.07) is 1.28. The first-order valence-electron chi connectivity index (χ1n) is 5.71. The molecule has 104 valence electrons. The summed E-state index contributed by atoms with van der Waals surface area (Å²) in [5.41, 5.74) is 5.11. The van der Waals surface area contributed by atoms with E-state index in [1.165, 1.54) is 6.07 Å². The molecular formula is C12H16F2N3O2+. The molecule has 0 saturated heterocycles. The molecule has 0 unspecified atom stereocenters. The first-order chi connectivity index (χ1) is 8.81. The Kier molecular flexibility index (Phi) is 4.94. The van der Waals surface area contributed by atoms with E-state index in [2.05, 4.69) is 0 Å². The number of benzene rings is 1. The molecule has 0 aliphatic rings. The van der Waals surface area contributed by atoms with Gasteiger partial charge in [-0.05, 0) is 26.0 Å². The molecule has 1 aromatic rings. The Labute approximate surface area is 109 Å². The number of carbonyl (C=O) groups is 2. The first-order valence-corrected chi connectivity index (χ1v) is 5.71. The Balaban J connectivity index is 2.71. The highest BCUT2D eigenvalue weighted by atomic mass is 19.1. The molecule has 0 aromatic heterocycles. The Morgan fingerprint density at radius 1 is 1.32 bits per heavy atom. The zero-order chi connectivity index (χ0) is 14.6.